The molecule has 6 nitrogen and oxygen atoms in total. The lowest BCUT2D eigenvalue weighted by Crippen LogP contribution is -2.41. The Bertz CT molecular complexity index is 564. The molecule has 2 atom stereocenters. The van der Waals surface area contributed by atoms with Crippen molar-refractivity contribution in [3.63, 3.8) is 0 Å². The van der Waals surface area contributed by atoms with Crippen LogP contribution in [0.4, 0.5) is 11.4 Å². The average Bonchev–Trinajstić information content (AvgIpc) is 2.90. The van der Waals surface area contributed by atoms with Crippen molar-refractivity contribution in [3.8, 4) is 0 Å². The van der Waals surface area contributed by atoms with Gasteiger partial charge in [-0.1, -0.05) is 11.6 Å². The predicted molar refractivity (Wildman–Crippen MR) is 82.8 cm³/mol. The van der Waals surface area contributed by atoms with E-state index in [1.807, 2.05) is 4.90 Å². The van der Waals surface area contributed by atoms with Crippen molar-refractivity contribution < 1.29 is 9.59 Å². The summed E-state index contributed by atoms with van der Waals surface area (Å²) in [4.78, 5) is 25.4. The highest BCUT2D eigenvalue weighted by Gasteiger charge is 2.32. The van der Waals surface area contributed by atoms with Gasteiger partial charge in [-0.25, -0.2) is 0 Å². The molecular formula is C14H19ClN4O2. The molecule has 5 N–H and O–H groups in total. The molecule has 7 heteroatoms. The Morgan fingerprint density at radius 1 is 1.48 bits per heavy atom. The number of nitrogens with two attached hydrogens (primary N) is 2. The molecule has 1 aromatic carbocycles. The number of hydrogen-bond acceptors (Lipinski definition) is 4. The molecule has 0 aromatic heterocycles. The number of rotatable bonds is 4. The fourth-order valence-corrected chi connectivity index (χ4v) is 2.64. The molecule has 0 saturated carbocycles. The number of nitrogens with one attached hydrogen (secondary N) is 1. The first-order valence-electron chi connectivity index (χ1n) is 6.77. The number of carbonyl (C=O) groups is 2. The minimum Gasteiger partial charge on any atom is -0.399 e. The zero-order valence-electron chi connectivity index (χ0n) is 11.8. The first-order chi connectivity index (χ1) is 9.88. The number of amides is 2. The zero-order chi connectivity index (χ0) is 15.6. The molecular weight excluding hydrogens is 292 g/mol. The number of halogens is 1. The molecule has 1 aliphatic heterocycles. The van der Waals surface area contributed by atoms with E-state index in [2.05, 4.69) is 5.32 Å². The van der Waals surface area contributed by atoms with Crippen LogP contribution < -0.4 is 16.8 Å². The second kappa shape index (κ2) is 6.32. The first-order valence-corrected chi connectivity index (χ1v) is 7.15. The summed E-state index contributed by atoms with van der Waals surface area (Å²) in [6.45, 7) is 2.99. The Labute approximate surface area is 128 Å². The average molecular weight is 311 g/mol. The van der Waals surface area contributed by atoms with Crippen LogP contribution in [0.2, 0.25) is 5.02 Å². The third kappa shape index (κ3) is 3.65. The number of carbonyl (C=O) groups excluding carboxylic acids is 2. The minimum absolute atomic E-state index is 0.174. The highest BCUT2D eigenvalue weighted by atomic mass is 35.5. The Morgan fingerprint density at radius 2 is 2.19 bits per heavy atom. The van der Waals surface area contributed by atoms with Gasteiger partial charge in [0.15, 0.2) is 0 Å². The fourth-order valence-electron chi connectivity index (χ4n) is 2.41. The van der Waals surface area contributed by atoms with Crippen molar-refractivity contribution in [2.24, 2.45) is 11.7 Å². The summed E-state index contributed by atoms with van der Waals surface area (Å²) in [6, 6.07) is 4.56. The molecule has 2 amide bonds. The molecule has 2 rings (SSSR count). The molecule has 1 aliphatic rings. The summed E-state index contributed by atoms with van der Waals surface area (Å²) >= 11 is 6.03. The molecule has 1 aromatic rings. The van der Waals surface area contributed by atoms with Crippen LogP contribution in [0.15, 0.2) is 18.2 Å². The van der Waals surface area contributed by atoms with Crippen LogP contribution in [0.1, 0.15) is 13.3 Å². The standard InChI is InChI=1S/C14H19ClN4O2/c1-8(19-5-4-9(7-19)13(17)20)14(21)18-12-3-2-10(16)6-11(12)15/h2-3,6,8-9H,4-5,7,16H2,1H3,(H2,17,20)(H,18,21). The summed E-state index contributed by atoms with van der Waals surface area (Å²) in [7, 11) is 0. The van der Waals surface area contributed by atoms with Gasteiger partial charge in [0.2, 0.25) is 11.8 Å². The number of nitrogen functional groups attached to an aromatic ring is 1. The van der Waals surface area contributed by atoms with Gasteiger partial charge in [0, 0.05) is 12.2 Å². The van der Waals surface area contributed by atoms with E-state index in [0.717, 1.165) is 0 Å². The smallest absolute Gasteiger partial charge is 0.241 e. The van der Waals surface area contributed by atoms with Crippen molar-refractivity contribution in [1.29, 1.82) is 0 Å². The maximum atomic E-state index is 12.3. The Kier molecular flexibility index (Phi) is 4.69. The van der Waals surface area contributed by atoms with Crippen LogP contribution in [0.5, 0.6) is 0 Å². The van der Waals surface area contributed by atoms with Crippen molar-refractivity contribution >= 4 is 34.8 Å². The van der Waals surface area contributed by atoms with Crippen LogP contribution in [0.3, 0.4) is 0 Å². The number of nitrogens with zero attached hydrogens (tertiary/aromatic N) is 1. The van der Waals surface area contributed by atoms with Crippen molar-refractivity contribution in [1.82, 2.24) is 4.90 Å². The summed E-state index contributed by atoms with van der Waals surface area (Å²) in [6.07, 6.45) is 0.690. The van der Waals surface area contributed by atoms with Gasteiger partial charge in [0.25, 0.3) is 0 Å². The molecule has 0 aliphatic carbocycles. The highest BCUT2D eigenvalue weighted by molar-refractivity contribution is 6.34. The van der Waals surface area contributed by atoms with Gasteiger partial charge in [-0.2, -0.15) is 0 Å². The second-order valence-corrected chi connectivity index (χ2v) is 5.69. The third-order valence-corrected chi connectivity index (χ3v) is 4.11. The van der Waals surface area contributed by atoms with Gasteiger partial charge < -0.3 is 16.8 Å². The van der Waals surface area contributed by atoms with E-state index in [9.17, 15) is 9.59 Å². The Morgan fingerprint density at radius 3 is 2.76 bits per heavy atom. The number of likely N-dealkylation sites (tertiary alicyclic amines) is 1. The molecule has 1 fully saturated rings. The van der Waals surface area contributed by atoms with Crippen molar-refractivity contribution in [2.75, 3.05) is 24.1 Å². The lowest BCUT2D eigenvalue weighted by molar-refractivity contribution is -0.123. The molecule has 2 unspecified atom stereocenters. The summed E-state index contributed by atoms with van der Waals surface area (Å²) in [5.41, 5.74) is 12.0. The Balaban J connectivity index is 1.98. The van der Waals surface area contributed by atoms with E-state index in [1.165, 1.54) is 0 Å². The van der Waals surface area contributed by atoms with E-state index in [-0.39, 0.29) is 23.8 Å². The largest absolute Gasteiger partial charge is 0.399 e. The van der Waals surface area contributed by atoms with Crippen LogP contribution in [0, 0.1) is 5.92 Å². The van der Waals surface area contributed by atoms with Crippen LogP contribution in [-0.4, -0.2) is 35.8 Å². The maximum Gasteiger partial charge on any atom is 0.241 e. The van der Waals surface area contributed by atoms with Gasteiger partial charge in [0.05, 0.1) is 22.7 Å². The first kappa shape index (κ1) is 15.6. The topological polar surface area (TPSA) is 101 Å². The molecule has 0 spiro atoms. The third-order valence-electron chi connectivity index (χ3n) is 3.80. The number of benzene rings is 1. The molecule has 1 heterocycles. The fraction of sp³-hybridized carbons (Fsp3) is 0.429. The van der Waals surface area contributed by atoms with Crippen molar-refractivity contribution in [3.05, 3.63) is 23.2 Å². The highest BCUT2D eigenvalue weighted by Crippen LogP contribution is 2.25. The molecule has 114 valence electrons. The molecule has 0 bridgehead atoms. The van der Waals surface area contributed by atoms with E-state index in [1.54, 1.807) is 25.1 Å². The van der Waals surface area contributed by atoms with Gasteiger partial charge in [-0.3, -0.25) is 14.5 Å². The second-order valence-electron chi connectivity index (χ2n) is 5.29. The maximum absolute atomic E-state index is 12.3. The van der Waals surface area contributed by atoms with Gasteiger partial charge in [-0.05, 0) is 38.1 Å². The quantitative estimate of drug-likeness (QED) is 0.724. The van der Waals surface area contributed by atoms with Gasteiger partial charge >= 0.3 is 0 Å². The minimum atomic E-state index is -0.358. The van der Waals surface area contributed by atoms with Crippen LogP contribution in [-0.2, 0) is 9.59 Å². The van der Waals surface area contributed by atoms with E-state index < -0.39 is 0 Å². The van der Waals surface area contributed by atoms with E-state index in [0.29, 0.717) is 35.9 Å². The van der Waals surface area contributed by atoms with Crippen molar-refractivity contribution in [2.45, 2.75) is 19.4 Å². The summed E-state index contributed by atoms with van der Waals surface area (Å²) in [5, 5.41) is 3.17. The van der Waals surface area contributed by atoms with Crippen LogP contribution >= 0.6 is 11.6 Å². The lowest BCUT2D eigenvalue weighted by Gasteiger charge is -2.23. The normalized spacial score (nSPS) is 20.2. The monoisotopic (exact) mass is 310 g/mol. The summed E-state index contributed by atoms with van der Waals surface area (Å²) in [5.74, 6) is -0.668. The number of primary amides is 1. The van der Waals surface area contributed by atoms with Crippen LogP contribution in [0.25, 0.3) is 0 Å². The molecule has 21 heavy (non-hydrogen) atoms. The number of anilines is 2. The molecule has 0 radical (unpaired) electrons. The zero-order valence-corrected chi connectivity index (χ0v) is 12.6. The van der Waals surface area contributed by atoms with E-state index >= 15 is 0 Å². The summed E-state index contributed by atoms with van der Waals surface area (Å²) < 4.78 is 0. The predicted octanol–water partition coefficient (Wildman–Crippen LogP) is 1.06. The Hall–Kier alpha value is -1.79. The number of hydrogen-bond donors (Lipinski definition) is 3. The van der Waals surface area contributed by atoms with Gasteiger partial charge in [-0.15, -0.1) is 0 Å². The molecule has 1 saturated heterocycles. The SMILES string of the molecule is CC(C(=O)Nc1ccc(N)cc1Cl)N1CCC(C(N)=O)C1. The van der Waals surface area contributed by atoms with E-state index in [4.69, 9.17) is 23.1 Å². The lowest BCUT2D eigenvalue weighted by atomic mass is 10.1. The van der Waals surface area contributed by atoms with Gasteiger partial charge in [0.1, 0.15) is 0 Å².